The van der Waals surface area contributed by atoms with Crippen molar-refractivity contribution in [1.29, 1.82) is 0 Å². The van der Waals surface area contributed by atoms with Crippen molar-refractivity contribution in [3.05, 3.63) is 33.2 Å². The van der Waals surface area contributed by atoms with E-state index in [1.807, 2.05) is 7.05 Å². The van der Waals surface area contributed by atoms with Crippen molar-refractivity contribution in [3.63, 3.8) is 0 Å². The number of aryl methyl sites for hydroxylation is 1. The number of ether oxygens (including phenoxy) is 2. The molecule has 2 heterocycles. The number of hydrogen-bond acceptors (Lipinski definition) is 8. The number of amides is 1. The van der Waals surface area contributed by atoms with E-state index in [9.17, 15) is 19.5 Å². The second-order valence-electron chi connectivity index (χ2n) is 7.33. The molecule has 9 nitrogen and oxygen atoms in total. The number of phenolic OH excluding ortho intramolecular Hbond substituents is 1. The topological polar surface area (TPSA) is 110 Å². The first-order chi connectivity index (χ1) is 14.4. The lowest BCUT2D eigenvalue weighted by atomic mass is 10.00. The number of nitrogens with zero attached hydrogens (tertiary/aromatic N) is 2. The number of phenols is 1. The summed E-state index contributed by atoms with van der Waals surface area (Å²) in [5.74, 6) is -0.476. The maximum Gasteiger partial charge on any atom is 0.340 e. The first-order valence-corrected chi connectivity index (χ1v) is 9.72. The van der Waals surface area contributed by atoms with Gasteiger partial charge in [0.25, 0.3) is 0 Å². The molecule has 1 aliphatic rings. The van der Waals surface area contributed by atoms with Crippen LogP contribution >= 0.6 is 0 Å². The minimum absolute atomic E-state index is 0.0279. The summed E-state index contributed by atoms with van der Waals surface area (Å²) in [6.07, 6.45) is 0.323. The Balaban J connectivity index is 2.00. The van der Waals surface area contributed by atoms with Gasteiger partial charge in [0, 0.05) is 38.7 Å². The van der Waals surface area contributed by atoms with Crippen molar-refractivity contribution >= 4 is 23.2 Å². The fourth-order valence-electron chi connectivity index (χ4n) is 3.49. The summed E-state index contributed by atoms with van der Waals surface area (Å²) in [6.45, 7) is 4.92. The molecule has 1 saturated heterocycles. The van der Waals surface area contributed by atoms with Crippen molar-refractivity contribution in [2.24, 2.45) is 0 Å². The Hall–Kier alpha value is -2.91. The maximum atomic E-state index is 12.7. The highest BCUT2D eigenvalue weighted by Gasteiger charge is 2.24. The van der Waals surface area contributed by atoms with Crippen molar-refractivity contribution in [3.8, 4) is 11.5 Å². The zero-order valence-corrected chi connectivity index (χ0v) is 17.4. The Morgan fingerprint density at radius 2 is 1.97 bits per heavy atom. The van der Waals surface area contributed by atoms with E-state index in [0.29, 0.717) is 36.9 Å². The highest BCUT2D eigenvalue weighted by Crippen LogP contribution is 2.37. The molecule has 3 rings (SSSR count). The molecule has 2 aromatic rings. The molecule has 9 heteroatoms. The monoisotopic (exact) mass is 418 g/mol. The number of rotatable bonds is 7. The average molecular weight is 418 g/mol. The third-order valence-corrected chi connectivity index (χ3v) is 5.40. The first-order valence-electron chi connectivity index (χ1n) is 9.72. The highest BCUT2D eigenvalue weighted by atomic mass is 16.5. The van der Waals surface area contributed by atoms with Crippen LogP contribution in [0.5, 0.6) is 11.5 Å². The second-order valence-corrected chi connectivity index (χ2v) is 7.33. The zero-order valence-electron chi connectivity index (χ0n) is 17.4. The lowest BCUT2D eigenvalue weighted by Crippen LogP contribution is -2.47. The summed E-state index contributed by atoms with van der Waals surface area (Å²) in [7, 11) is 3.51. The van der Waals surface area contributed by atoms with E-state index in [2.05, 4.69) is 4.90 Å². The molecule has 1 fully saturated rings. The molecule has 1 aromatic heterocycles. The number of aldehydes is 1. The maximum absolute atomic E-state index is 12.7. The second kappa shape index (κ2) is 9.27. The summed E-state index contributed by atoms with van der Waals surface area (Å²) in [4.78, 5) is 40.8. The summed E-state index contributed by atoms with van der Waals surface area (Å²) in [5, 5.41) is 10.8. The molecular formula is C21H26N2O7. The van der Waals surface area contributed by atoms with Gasteiger partial charge in [-0.2, -0.15) is 0 Å². The molecule has 0 atom stereocenters. The van der Waals surface area contributed by atoms with Gasteiger partial charge in [0.05, 0.1) is 18.6 Å². The van der Waals surface area contributed by atoms with Gasteiger partial charge in [-0.1, -0.05) is 0 Å². The molecule has 0 spiro atoms. The summed E-state index contributed by atoms with van der Waals surface area (Å²) < 4.78 is 15.8. The van der Waals surface area contributed by atoms with Crippen molar-refractivity contribution < 1.29 is 28.6 Å². The van der Waals surface area contributed by atoms with Gasteiger partial charge >= 0.3 is 5.63 Å². The van der Waals surface area contributed by atoms with Crippen molar-refractivity contribution in [2.45, 2.75) is 13.3 Å². The summed E-state index contributed by atoms with van der Waals surface area (Å²) in [5.41, 5.74) is -0.143. The molecule has 1 aliphatic heterocycles. The number of likely N-dealkylation sites (N-methyl/N-ethyl adjacent to an activating group) is 1. The number of fused-ring (bicyclic) bond motifs is 1. The van der Waals surface area contributed by atoms with Gasteiger partial charge in [-0.05, 0) is 25.6 Å². The number of piperazine rings is 1. The van der Waals surface area contributed by atoms with Crippen LogP contribution in [0.25, 0.3) is 11.0 Å². The summed E-state index contributed by atoms with van der Waals surface area (Å²) >= 11 is 0. The van der Waals surface area contributed by atoms with Crippen LogP contribution in [0, 0.1) is 6.92 Å². The Labute approximate surface area is 173 Å². The van der Waals surface area contributed by atoms with Crippen LogP contribution in [0.1, 0.15) is 21.5 Å². The van der Waals surface area contributed by atoms with Gasteiger partial charge in [-0.15, -0.1) is 0 Å². The average Bonchev–Trinajstić information content (AvgIpc) is 2.72. The van der Waals surface area contributed by atoms with E-state index in [1.165, 1.54) is 13.2 Å². The van der Waals surface area contributed by atoms with Gasteiger partial charge in [0.15, 0.2) is 23.4 Å². The molecule has 162 valence electrons. The number of carbonyl (C=O) groups excluding carboxylic acids is 2. The van der Waals surface area contributed by atoms with E-state index < -0.39 is 11.4 Å². The van der Waals surface area contributed by atoms with E-state index in [0.717, 1.165) is 13.1 Å². The SMILES string of the molecule is COCCOc1cc2c(C)c(CC(=O)N3CCN(C)CC3)c(=O)oc2c(C=O)c1O. The lowest BCUT2D eigenvalue weighted by Gasteiger charge is -2.32. The van der Waals surface area contributed by atoms with Crippen LogP contribution in [0.2, 0.25) is 0 Å². The molecule has 1 N–H and O–H groups in total. The fraction of sp³-hybridized carbons (Fsp3) is 0.476. The molecule has 0 aliphatic carbocycles. The van der Waals surface area contributed by atoms with E-state index >= 15 is 0 Å². The number of methoxy groups -OCH3 is 1. The van der Waals surface area contributed by atoms with Crippen LogP contribution in [0.15, 0.2) is 15.3 Å². The third-order valence-electron chi connectivity index (χ3n) is 5.40. The number of carbonyl (C=O) groups is 2. The van der Waals surface area contributed by atoms with Crippen molar-refractivity contribution in [1.82, 2.24) is 9.80 Å². The van der Waals surface area contributed by atoms with Crippen LogP contribution < -0.4 is 10.4 Å². The van der Waals surface area contributed by atoms with Gasteiger partial charge in [0.1, 0.15) is 12.2 Å². The van der Waals surface area contributed by atoms with E-state index in [-0.39, 0.29) is 41.4 Å². The molecule has 1 aromatic carbocycles. The predicted octanol–water partition coefficient (Wildman–Crippen LogP) is 0.961. The normalized spacial score (nSPS) is 14.8. The van der Waals surface area contributed by atoms with E-state index in [1.54, 1.807) is 11.8 Å². The van der Waals surface area contributed by atoms with Crippen molar-refractivity contribution in [2.75, 3.05) is 53.6 Å². The first kappa shape index (κ1) is 21.8. The Kier molecular flexibility index (Phi) is 6.73. The zero-order chi connectivity index (χ0) is 21.8. The molecule has 0 saturated carbocycles. The van der Waals surface area contributed by atoms with Gasteiger partial charge < -0.3 is 28.8 Å². The lowest BCUT2D eigenvalue weighted by molar-refractivity contribution is -0.132. The Bertz CT molecular complexity index is 1010. The quantitative estimate of drug-likeness (QED) is 0.402. The molecule has 0 unspecified atom stereocenters. The minimum Gasteiger partial charge on any atom is -0.504 e. The molecule has 30 heavy (non-hydrogen) atoms. The Morgan fingerprint density at radius 1 is 1.27 bits per heavy atom. The standard InChI is InChI=1S/C21H26N2O7/c1-13-14-10-17(29-9-8-28-3)19(26)16(12-24)20(14)30-21(27)15(13)11-18(25)23-6-4-22(2)5-7-23/h10,12,26H,4-9,11H2,1-3H3. The van der Waals surface area contributed by atoms with Crippen LogP contribution in [0.4, 0.5) is 0 Å². The highest BCUT2D eigenvalue weighted by molar-refractivity contribution is 6.00. The predicted molar refractivity (Wildman–Crippen MR) is 109 cm³/mol. The third kappa shape index (κ3) is 4.31. The molecular weight excluding hydrogens is 392 g/mol. The van der Waals surface area contributed by atoms with E-state index in [4.69, 9.17) is 13.9 Å². The van der Waals surface area contributed by atoms with Crippen LogP contribution in [-0.2, 0) is 16.0 Å². The number of benzene rings is 1. The molecule has 1 amide bonds. The number of hydrogen-bond donors (Lipinski definition) is 1. The largest absolute Gasteiger partial charge is 0.504 e. The smallest absolute Gasteiger partial charge is 0.340 e. The minimum atomic E-state index is -0.696. The molecule has 0 radical (unpaired) electrons. The Morgan fingerprint density at radius 3 is 2.60 bits per heavy atom. The molecule has 0 bridgehead atoms. The van der Waals surface area contributed by atoms with Gasteiger partial charge in [-0.25, -0.2) is 4.79 Å². The summed E-state index contributed by atoms with van der Waals surface area (Å²) in [6, 6.07) is 1.51. The van der Waals surface area contributed by atoms with Crippen LogP contribution in [0.3, 0.4) is 0 Å². The number of aromatic hydroxyl groups is 1. The van der Waals surface area contributed by atoms with Gasteiger partial charge in [0.2, 0.25) is 5.91 Å². The van der Waals surface area contributed by atoms with Gasteiger partial charge in [-0.3, -0.25) is 9.59 Å². The fourth-order valence-corrected chi connectivity index (χ4v) is 3.49. The van der Waals surface area contributed by atoms with Crippen LogP contribution in [-0.4, -0.2) is 80.6 Å².